The van der Waals surface area contributed by atoms with Gasteiger partial charge in [0.05, 0.1) is 23.0 Å². The predicted molar refractivity (Wildman–Crippen MR) is 136 cm³/mol. The van der Waals surface area contributed by atoms with Crippen molar-refractivity contribution in [3.8, 4) is 17.5 Å². The first-order valence-corrected chi connectivity index (χ1v) is 12.2. The fourth-order valence-corrected chi connectivity index (χ4v) is 4.34. The molecular weight excluding hydrogens is 510 g/mol. The molecule has 3 rings (SSSR count). The van der Waals surface area contributed by atoms with Gasteiger partial charge in [-0.05, 0) is 41.3 Å². The average molecular weight is 539 g/mol. The van der Waals surface area contributed by atoms with E-state index in [-0.39, 0.29) is 43.0 Å². The Kier molecular flexibility index (Phi) is 9.48. The molecule has 0 saturated carbocycles. The zero-order valence-electron chi connectivity index (χ0n) is 20.0. The summed E-state index contributed by atoms with van der Waals surface area (Å²) >= 11 is 12.3. The summed E-state index contributed by atoms with van der Waals surface area (Å²) in [5, 5.41) is 29.7. The zero-order valence-corrected chi connectivity index (χ0v) is 21.5. The maximum atomic E-state index is 14.8. The molecule has 1 aromatic heterocycles. The molecule has 7 nitrogen and oxygen atoms in total. The number of nitrogens with zero attached hydrogens (tertiary/aromatic N) is 2. The van der Waals surface area contributed by atoms with Crippen LogP contribution in [0, 0.1) is 11.7 Å². The number of benzene rings is 2. The summed E-state index contributed by atoms with van der Waals surface area (Å²) in [6.07, 6.45) is -0.159. The van der Waals surface area contributed by atoms with Gasteiger partial charge in [-0.15, -0.1) is 0 Å². The molecule has 0 amide bonds. The van der Waals surface area contributed by atoms with E-state index in [1.165, 1.54) is 28.8 Å². The molecule has 0 saturated heterocycles. The Labute approximate surface area is 219 Å². The van der Waals surface area contributed by atoms with E-state index in [9.17, 15) is 24.5 Å². The average Bonchev–Trinajstić information content (AvgIpc) is 3.12. The van der Waals surface area contributed by atoms with E-state index in [0.29, 0.717) is 34.3 Å². The minimum absolute atomic E-state index is 0.0313. The number of carboxylic acids is 1. The summed E-state index contributed by atoms with van der Waals surface area (Å²) in [7, 11) is 0. The van der Waals surface area contributed by atoms with Crippen LogP contribution in [0.15, 0.2) is 48.5 Å². The van der Waals surface area contributed by atoms with Crippen LogP contribution < -0.4 is 4.74 Å². The van der Waals surface area contributed by atoms with Crippen molar-refractivity contribution >= 4 is 29.2 Å². The number of carboxylic acid groups (broad SMARTS) is 1. The van der Waals surface area contributed by atoms with E-state index in [1.54, 1.807) is 24.3 Å². The topological polar surface area (TPSA) is 95.2 Å². The molecular formula is C26H29Cl2FN2O5. The molecule has 0 aliphatic rings. The monoisotopic (exact) mass is 538 g/mol. The van der Waals surface area contributed by atoms with E-state index in [2.05, 4.69) is 0 Å². The first-order chi connectivity index (χ1) is 17.0. The Morgan fingerprint density at radius 1 is 1.06 bits per heavy atom. The van der Waals surface area contributed by atoms with Crippen LogP contribution in [-0.4, -0.2) is 43.9 Å². The largest absolute Gasteiger partial charge is 0.494 e. The lowest BCUT2D eigenvalue weighted by Crippen LogP contribution is -2.33. The van der Waals surface area contributed by atoms with Gasteiger partial charge >= 0.3 is 5.97 Å². The van der Waals surface area contributed by atoms with Crippen molar-refractivity contribution in [3.05, 3.63) is 75.5 Å². The number of hydrogen-bond acceptors (Lipinski definition) is 5. The van der Waals surface area contributed by atoms with Crippen molar-refractivity contribution in [2.24, 2.45) is 5.92 Å². The molecule has 1 atom stereocenters. The van der Waals surface area contributed by atoms with E-state index >= 15 is 0 Å². The molecule has 0 aliphatic carbocycles. The fraction of sp³-hybridized carbons (Fsp3) is 0.346. The lowest BCUT2D eigenvalue weighted by Gasteiger charge is -2.33. The third-order valence-corrected chi connectivity index (χ3v) is 6.36. The zero-order chi connectivity index (χ0) is 26.4. The Hall–Kier alpha value is -2.94. The molecule has 36 heavy (non-hydrogen) atoms. The number of aliphatic carboxylic acids is 1. The van der Waals surface area contributed by atoms with Crippen LogP contribution in [0.25, 0.3) is 0 Å². The highest BCUT2D eigenvalue weighted by Gasteiger charge is 2.25. The molecule has 1 heterocycles. The summed E-state index contributed by atoms with van der Waals surface area (Å²) < 4.78 is 21.6. The Balaban J connectivity index is 1.78. The summed E-state index contributed by atoms with van der Waals surface area (Å²) in [6, 6.07) is 11.9. The van der Waals surface area contributed by atoms with Crippen molar-refractivity contribution < 1.29 is 29.2 Å². The molecule has 1 unspecified atom stereocenters. The van der Waals surface area contributed by atoms with Crippen molar-refractivity contribution in [1.82, 2.24) is 9.47 Å². The number of hydrogen-bond donors (Lipinski definition) is 3. The summed E-state index contributed by atoms with van der Waals surface area (Å²) in [4.78, 5) is 13.7. The van der Waals surface area contributed by atoms with Crippen LogP contribution in [0.1, 0.15) is 37.4 Å². The molecule has 10 heteroatoms. The highest BCUT2D eigenvalue weighted by Crippen LogP contribution is 2.32. The number of carbonyl (C=O) groups is 1. The van der Waals surface area contributed by atoms with Crippen LogP contribution in [0.5, 0.6) is 17.5 Å². The molecule has 0 radical (unpaired) electrons. The number of halogens is 3. The van der Waals surface area contributed by atoms with Crippen molar-refractivity contribution in [2.75, 3.05) is 13.2 Å². The van der Waals surface area contributed by atoms with Gasteiger partial charge < -0.3 is 20.1 Å². The van der Waals surface area contributed by atoms with Crippen LogP contribution in [0.2, 0.25) is 10.0 Å². The maximum absolute atomic E-state index is 14.8. The third kappa shape index (κ3) is 7.29. The SMILES string of the molecule is CC(C)CN(Cc1ccc(OCCn2c(O)ccc2O)c(F)c1)C(CC(=O)O)c1ccc(Cl)c(Cl)c1. The van der Waals surface area contributed by atoms with Crippen molar-refractivity contribution in [2.45, 2.75) is 39.4 Å². The number of aromatic hydroxyl groups is 2. The fourth-order valence-electron chi connectivity index (χ4n) is 4.03. The molecule has 0 spiro atoms. The lowest BCUT2D eigenvalue weighted by atomic mass is 9.99. The Morgan fingerprint density at radius 3 is 2.33 bits per heavy atom. The Bertz CT molecular complexity index is 1180. The van der Waals surface area contributed by atoms with Gasteiger partial charge in [-0.25, -0.2) is 4.39 Å². The van der Waals surface area contributed by atoms with Gasteiger partial charge in [-0.2, -0.15) is 0 Å². The smallest absolute Gasteiger partial charge is 0.305 e. The van der Waals surface area contributed by atoms with Crippen LogP contribution in [0.3, 0.4) is 0 Å². The first kappa shape index (κ1) is 27.6. The second kappa shape index (κ2) is 12.3. The molecule has 0 bridgehead atoms. The molecule has 3 N–H and O–H groups in total. The standard InChI is InChI=1S/C26H29Cl2FN2O5/c1-16(2)14-30(22(13-26(34)35)18-4-5-19(27)20(28)12-18)15-17-3-6-23(21(29)11-17)36-10-9-31-24(32)7-8-25(31)33/h3-8,11-12,16,22,32-33H,9-10,13-15H2,1-2H3,(H,34,35). The molecule has 3 aromatic rings. The number of aromatic nitrogens is 1. The maximum Gasteiger partial charge on any atom is 0.305 e. The van der Waals surface area contributed by atoms with Crippen LogP contribution in [-0.2, 0) is 17.9 Å². The first-order valence-electron chi connectivity index (χ1n) is 11.4. The third-order valence-electron chi connectivity index (χ3n) is 5.63. The Morgan fingerprint density at radius 2 is 1.75 bits per heavy atom. The van der Waals surface area contributed by atoms with Crippen LogP contribution >= 0.6 is 23.2 Å². The number of ether oxygens (including phenoxy) is 1. The highest BCUT2D eigenvalue weighted by atomic mass is 35.5. The number of rotatable bonds is 12. The van der Waals surface area contributed by atoms with Gasteiger partial charge in [-0.3, -0.25) is 14.3 Å². The van der Waals surface area contributed by atoms with Crippen LogP contribution in [0.4, 0.5) is 4.39 Å². The second-order valence-corrected chi connectivity index (χ2v) is 9.74. The van der Waals surface area contributed by atoms with Gasteiger partial charge in [0.1, 0.15) is 6.61 Å². The van der Waals surface area contributed by atoms with Gasteiger partial charge in [0, 0.05) is 31.3 Å². The van der Waals surface area contributed by atoms with E-state index in [1.807, 2.05) is 18.7 Å². The highest BCUT2D eigenvalue weighted by molar-refractivity contribution is 6.42. The normalized spacial score (nSPS) is 12.3. The van der Waals surface area contributed by atoms with E-state index in [4.69, 9.17) is 27.9 Å². The molecule has 0 fully saturated rings. The summed E-state index contributed by atoms with van der Waals surface area (Å²) in [6.45, 7) is 5.09. The summed E-state index contributed by atoms with van der Waals surface area (Å²) in [5.41, 5.74) is 1.36. The minimum atomic E-state index is -0.963. The second-order valence-electron chi connectivity index (χ2n) is 8.93. The van der Waals surface area contributed by atoms with Gasteiger partial charge in [0.15, 0.2) is 23.3 Å². The van der Waals surface area contributed by atoms with Gasteiger partial charge in [0.25, 0.3) is 0 Å². The van der Waals surface area contributed by atoms with E-state index < -0.39 is 17.8 Å². The quantitative estimate of drug-likeness (QED) is 0.258. The molecule has 0 aliphatic heterocycles. The molecule has 2 aromatic carbocycles. The minimum Gasteiger partial charge on any atom is -0.494 e. The lowest BCUT2D eigenvalue weighted by molar-refractivity contribution is -0.138. The summed E-state index contributed by atoms with van der Waals surface area (Å²) in [5.74, 6) is -1.51. The van der Waals surface area contributed by atoms with E-state index in [0.717, 1.165) is 0 Å². The van der Waals surface area contributed by atoms with Gasteiger partial charge in [-0.1, -0.05) is 49.2 Å². The van der Waals surface area contributed by atoms with Gasteiger partial charge in [0.2, 0.25) is 0 Å². The van der Waals surface area contributed by atoms with Crippen molar-refractivity contribution in [1.29, 1.82) is 0 Å². The molecule has 194 valence electrons. The predicted octanol–water partition coefficient (Wildman–Crippen LogP) is 6.10. The van der Waals surface area contributed by atoms with Crippen molar-refractivity contribution in [3.63, 3.8) is 0 Å².